The number of unbranched alkanes of at least 4 members (excludes halogenated alkanes) is 9. The molecule has 0 amide bonds. The third kappa shape index (κ3) is 17.9. The Morgan fingerprint density at radius 2 is 1.00 bits per heavy atom. The summed E-state index contributed by atoms with van der Waals surface area (Å²) in [7, 11) is 0. The first-order chi connectivity index (χ1) is 9.91. The highest BCUT2D eigenvalue weighted by Gasteiger charge is 1.93. The van der Waals surface area contributed by atoms with Crippen LogP contribution in [0.5, 0.6) is 0 Å². The first kappa shape index (κ1) is 19.9. The quantitative estimate of drug-likeness (QED) is 0.378. The monoisotopic (exact) mass is 283 g/mol. The van der Waals surface area contributed by atoms with Crippen LogP contribution in [0.25, 0.3) is 0 Å². The zero-order valence-electron chi connectivity index (χ0n) is 14.2. The van der Waals surface area contributed by atoms with Gasteiger partial charge in [0.1, 0.15) is 0 Å². The van der Waals surface area contributed by atoms with Crippen LogP contribution < -0.4 is 10.6 Å². The molecule has 0 aromatic rings. The van der Waals surface area contributed by atoms with Crippen molar-refractivity contribution >= 4 is 0 Å². The molecule has 2 nitrogen and oxygen atoms in total. The van der Waals surface area contributed by atoms with Gasteiger partial charge in [0.05, 0.1) is 0 Å². The average molecular weight is 284 g/mol. The van der Waals surface area contributed by atoms with E-state index in [1.165, 1.54) is 96.8 Å². The standard InChI is InChI=1S/C18H39N2/c1-3-5-12-16-20-18-14-11-9-7-8-10-13-17-19-15-6-4-2/h7,19-20H,3-6,8-18H2,1-2H3. The number of hydrogen-bond donors (Lipinski definition) is 2. The number of rotatable bonds is 17. The summed E-state index contributed by atoms with van der Waals surface area (Å²) in [4.78, 5) is 0. The van der Waals surface area contributed by atoms with Gasteiger partial charge in [0.25, 0.3) is 0 Å². The van der Waals surface area contributed by atoms with Gasteiger partial charge in [-0.05, 0) is 58.3 Å². The number of hydrogen-bond acceptors (Lipinski definition) is 2. The second-order valence-electron chi connectivity index (χ2n) is 5.84. The molecular weight excluding hydrogens is 244 g/mol. The Morgan fingerprint density at radius 3 is 1.50 bits per heavy atom. The molecule has 1 radical (unpaired) electrons. The van der Waals surface area contributed by atoms with E-state index in [2.05, 4.69) is 30.9 Å². The molecule has 0 spiro atoms. The van der Waals surface area contributed by atoms with Crippen LogP contribution >= 0.6 is 0 Å². The van der Waals surface area contributed by atoms with E-state index in [9.17, 15) is 0 Å². The molecule has 0 rings (SSSR count). The van der Waals surface area contributed by atoms with Gasteiger partial charge < -0.3 is 10.6 Å². The summed E-state index contributed by atoms with van der Waals surface area (Å²) in [6, 6.07) is 0. The minimum absolute atomic E-state index is 1.20. The van der Waals surface area contributed by atoms with Crippen molar-refractivity contribution in [2.45, 2.75) is 84.5 Å². The van der Waals surface area contributed by atoms with E-state index in [4.69, 9.17) is 0 Å². The summed E-state index contributed by atoms with van der Waals surface area (Å²) in [6.07, 6.45) is 17.1. The lowest BCUT2D eigenvalue weighted by molar-refractivity contribution is 0.573. The molecule has 0 unspecified atom stereocenters. The van der Waals surface area contributed by atoms with Gasteiger partial charge in [-0.25, -0.2) is 0 Å². The van der Waals surface area contributed by atoms with Crippen molar-refractivity contribution in [2.24, 2.45) is 0 Å². The maximum Gasteiger partial charge on any atom is -0.00489 e. The van der Waals surface area contributed by atoms with Crippen molar-refractivity contribution in [1.82, 2.24) is 10.6 Å². The van der Waals surface area contributed by atoms with Crippen LogP contribution in [0.1, 0.15) is 84.5 Å². The Balaban J connectivity index is 2.89. The van der Waals surface area contributed by atoms with Gasteiger partial charge in [-0.15, -0.1) is 0 Å². The fraction of sp³-hybridized carbons (Fsp3) is 0.944. The van der Waals surface area contributed by atoms with E-state index < -0.39 is 0 Å². The van der Waals surface area contributed by atoms with Crippen molar-refractivity contribution in [3.8, 4) is 0 Å². The lowest BCUT2D eigenvalue weighted by Crippen LogP contribution is -2.16. The largest absolute Gasteiger partial charge is 0.317 e. The van der Waals surface area contributed by atoms with Crippen molar-refractivity contribution in [3.63, 3.8) is 0 Å². The lowest BCUT2D eigenvalue weighted by Gasteiger charge is -2.05. The molecule has 0 heterocycles. The second kappa shape index (κ2) is 18.9. The van der Waals surface area contributed by atoms with E-state index >= 15 is 0 Å². The normalized spacial score (nSPS) is 11.1. The zero-order valence-corrected chi connectivity index (χ0v) is 14.2. The van der Waals surface area contributed by atoms with E-state index in [0.717, 1.165) is 0 Å². The topological polar surface area (TPSA) is 24.1 Å². The zero-order chi connectivity index (χ0) is 14.7. The lowest BCUT2D eigenvalue weighted by atomic mass is 10.1. The third-order valence-electron chi connectivity index (χ3n) is 3.69. The molecule has 0 aromatic heterocycles. The minimum Gasteiger partial charge on any atom is -0.317 e. The molecule has 121 valence electrons. The molecule has 0 aliphatic carbocycles. The SMILES string of the molecule is CCCCCNCCCC[CH]CCCCNCCCC. The summed E-state index contributed by atoms with van der Waals surface area (Å²) in [5.74, 6) is 0. The van der Waals surface area contributed by atoms with Gasteiger partial charge >= 0.3 is 0 Å². The van der Waals surface area contributed by atoms with E-state index in [0.29, 0.717) is 0 Å². The summed E-state index contributed by atoms with van der Waals surface area (Å²) in [6.45, 7) is 9.33. The fourth-order valence-corrected chi connectivity index (χ4v) is 2.27. The summed E-state index contributed by atoms with van der Waals surface area (Å²) in [5, 5.41) is 7.04. The Hall–Kier alpha value is -0.0800. The highest BCUT2D eigenvalue weighted by Crippen LogP contribution is 2.05. The maximum absolute atomic E-state index is 3.53. The van der Waals surface area contributed by atoms with Gasteiger partial charge in [-0.3, -0.25) is 0 Å². The van der Waals surface area contributed by atoms with Crippen molar-refractivity contribution < 1.29 is 0 Å². The predicted molar refractivity (Wildman–Crippen MR) is 92.2 cm³/mol. The van der Waals surface area contributed by atoms with Crippen LogP contribution in [0.4, 0.5) is 0 Å². The molecule has 0 aromatic carbocycles. The Morgan fingerprint density at radius 1 is 0.550 bits per heavy atom. The third-order valence-corrected chi connectivity index (χ3v) is 3.69. The summed E-state index contributed by atoms with van der Waals surface area (Å²) in [5.41, 5.74) is 0. The highest BCUT2D eigenvalue weighted by molar-refractivity contribution is 4.65. The van der Waals surface area contributed by atoms with Crippen LogP contribution in [0.2, 0.25) is 0 Å². The van der Waals surface area contributed by atoms with E-state index in [-0.39, 0.29) is 0 Å². The van der Waals surface area contributed by atoms with Crippen molar-refractivity contribution in [3.05, 3.63) is 6.42 Å². The van der Waals surface area contributed by atoms with Crippen molar-refractivity contribution in [1.29, 1.82) is 0 Å². The predicted octanol–water partition coefficient (Wildman–Crippen LogP) is 4.70. The average Bonchev–Trinajstić information content (AvgIpc) is 2.47. The summed E-state index contributed by atoms with van der Waals surface area (Å²) < 4.78 is 0. The van der Waals surface area contributed by atoms with Crippen LogP contribution in [-0.2, 0) is 0 Å². The summed E-state index contributed by atoms with van der Waals surface area (Å²) >= 11 is 0. The first-order valence-corrected chi connectivity index (χ1v) is 9.14. The van der Waals surface area contributed by atoms with Gasteiger partial charge in [0.2, 0.25) is 0 Å². The molecule has 0 aliphatic rings. The molecule has 2 N–H and O–H groups in total. The second-order valence-corrected chi connectivity index (χ2v) is 5.84. The highest BCUT2D eigenvalue weighted by atomic mass is 14.8. The Kier molecular flexibility index (Phi) is 18.8. The molecule has 0 saturated carbocycles. The Labute approximate surface area is 128 Å². The Bertz CT molecular complexity index is 141. The van der Waals surface area contributed by atoms with Crippen molar-refractivity contribution in [2.75, 3.05) is 26.2 Å². The van der Waals surface area contributed by atoms with Gasteiger partial charge in [-0.1, -0.05) is 58.8 Å². The number of nitrogens with one attached hydrogen (secondary N) is 2. The van der Waals surface area contributed by atoms with Gasteiger partial charge in [-0.2, -0.15) is 0 Å². The molecule has 0 bridgehead atoms. The fourth-order valence-electron chi connectivity index (χ4n) is 2.27. The first-order valence-electron chi connectivity index (χ1n) is 9.14. The minimum atomic E-state index is 1.20. The van der Waals surface area contributed by atoms with E-state index in [1.54, 1.807) is 0 Å². The molecule has 0 aliphatic heterocycles. The maximum atomic E-state index is 3.53. The van der Waals surface area contributed by atoms with Crippen LogP contribution in [0, 0.1) is 6.42 Å². The molecule has 0 saturated heterocycles. The van der Waals surface area contributed by atoms with Crippen LogP contribution in [-0.4, -0.2) is 26.2 Å². The smallest absolute Gasteiger partial charge is 0.00489 e. The molecular formula is C18H39N2. The molecule has 20 heavy (non-hydrogen) atoms. The van der Waals surface area contributed by atoms with Gasteiger partial charge in [0.15, 0.2) is 0 Å². The molecule has 2 heteroatoms. The van der Waals surface area contributed by atoms with E-state index in [1.807, 2.05) is 0 Å². The van der Waals surface area contributed by atoms with Crippen LogP contribution in [0.15, 0.2) is 0 Å². The van der Waals surface area contributed by atoms with Crippen LogP contribution in [0.3, 0.4) is 0 Å². The molecule has 0 atom stereocenters. The molecule has 0 fully saturated rings. The van der Waals surface area contributed by atoms with Gasteiger partial charge in [0, 0.05) is 0 Å².